The van der Waals surface area contributed by atoms with Gasteiger partial charge in [-0.3, -0.25) is 9.59 Å². The van der Waals surface area contributed by atoms with Crippen molar-refractivity contribution in [1.29, 1.82) is 0 Å². The summed E-state index contributed by atoms with van der Waals surface area (Å²) < 4.78 is 10.8. The summed E-state index contributed by atoms with van der Waals surface area (Å²) in [5, 5.41) is 10.7. The third-order valence-electron chi connectivity index (χ3n) is 5.27. The standard InChI is InChI=1S/C23H32O5/c1-4-5-6-7-8-9-10-11-12-17(24)16-15-20(27-2)21-18(25)13-14-19(26)22(21)23(16)28-3/h13-15,17,24H,4-12H2,1-3H3. The SMILES string of the molecule is CCCCCCCCCCC(O)c1cc(OC)c2c(c1OC)C(=O)C=CC2=O. The van der Waals surface area contributed by atoms with E-state index >= 15 is 0 Å². The van der Waals surface area contributed by atoms with Gasteiger partial charge in [0.2, 0.25) is 0 Å². The maximum Gasteiger partial charge on any atom is 0.190 e. The van der Waals surface area contributed by atoms with Gasteiger partial charge < -0.3 is 14.6 Å². The van der Waals surface area contributed by atoms with Gasteiger partial charge in [-0.25, -0.2) is 0 Å². The Bertz CT molecular complexity index is 720. The van der Waals surface area contributed by atoms with Gasteiger partial charge in [-0.05, 0) is 24.6 Å². The van der Waals surface area contributed by atoms with E-state index in [4.69, 9.17) is 9.47 Å². The molecule has 1 aromatic carbocycles. The zero-order valence-corrected chi connectivity index (χ0v) is 17.3. The minimum atomic E-state index is -0.775. The second-order valence-electron chi connectivity index (χ2n) is 7.29. The summed E-state index contributed by atoms with van der Waals surface area (Å²) in [4.78, 5) is 24.7. The Morgan fingerprint density at radius 1 is 0.857 bits per heavy atom. The van der Waals surface area contributed by atoms with Crippen molar-refractivity contribution in [3.8, 4) is 11.5 Å². The summed E-state index contributed by atoms with van der Waals surface area (Å²) in [5.41, 5.74) is 0.881. The van der Waals surface area contributed by atoms with Crippen LogP contribution >= 0.6 is 0 Å². The molecule has 1 N–H and O–H groups in total. The van der Waals surface area contributed by atoms with Gasteiger partial charge in [0.25, 0.3) is 0 Å². The number of hydrogen-bond donors (Lipinski definition) is 1. The van der Waals surface area contributed by atoms with Gasteiger partial charge in [-0.1, -0.05) is 58.3 Å². The molecule has 5 nitrogen and oxygen atoms in total. The monoisotopic (exact) mass is 388 g/mol. The highest BCUT2D eigenvalue weighted by molar-refractivity contribution is 6.24. The van der Waals surface area contributed by atoms with Gasteiger partial charge in [-0.2, -0.15) is 0 Å². The molecule has 5 heteroatoms. The van der Waals surface area contributed by atoms with Gasteiger partial charge in [0, 0.05) is 5.56 Å². The first kappa shape index (κ1) is 22.2. The van der Waals surface area contributed by atoms with Gasteiger partial charge >= 0.3 is 0 Å². The average Bonchev–Trinajstić information content (AvgIpc) is 2.71. The lowest BCUT2D eigenvalue weighted by molar-refractivity contribution is 0.0987. The molecular formula is C23H32O5. The van der Waals surface area contributed by atoms with Crippen LogP contribution in [0.25, 0.3) is 0 Å². The number of methoxy groups -OCH3 is 2. The Labute approximate surface area is 167 Å². The van der Waals surface area contributed by atoms with Crippen LogP contribution in [-0.4, -0.2) is 30.9 Å². The molecule has 0 fully saturated rings. The summed E-state index contributed by atoms with van der Waals surface area (Å²) in [6.45, 7) is 2.21. The van der Waals surface area contributed by atoms with Crippen molar-refractivity contribution >= 4 is 11.6 Å². The molecule has 1 aliphatic carbocycles. The number of carbonyl (C=O) groups is 2. The molecule has 0 saturated heterocycles. The van der Waals surface area contributed by atoms with Gasteiger partial charge in [0.1, 0.15) is 11.5 Å². The normalized spacial score (nSPS) is 14.1. The Kier molecular flexibility index (Phi) is 8.71. The van der Waals surface area contributed by atoms with Crippen molar-refractivity contribution in [2.24, 2.45) is 0 Å². The molecule has 28 heavy (non-hydrogen) atoms. The molecule has 1 aliphatic rings. The number of aliphatic hydroxyl groups excluding tert-OH is 1. The molecule has 0 amide bonds. The molecule has 1 atom stereocenters. The highest BCUT2D eigenvalue weighted by Gasteiger charge is 2.31. The highest BCUT2D eigenvalue weighted by Crippen LogP contribution is 2.41. The number of ketones is 2. The van der Waals surface area contributed by atoms with E-state index in [9.17, 15) is 14.7 Å². The Balaban J connectivity index is 2.08. The lowest BCUT2D eigenvalue weighted by atomic mass is 9.88. The molecular weight excluding hydrogens is 356 g/mol. The fourth-order valence-corrected chi connectivity index (χ4v) is 3.71. The molecule has 0 spiro atoms. The molecule has 0 radical (unpaired) electrons. The van der Waals surface area contributed by atoms with Crippen LogP contribution in [0.5, 0.6) is 11.5 Å². The minimum absolute atomic E-state index is 0.180. The Hall–Kier alpha value is -2.14. The number of aliphatic hydroxyl groups is 1. The quantitative estimate of drug-likeness (QED) is 0.498. The zero-order valence-electron chi connectivity index (χ0n) is 17.3. The predicted molar refractivity (Wildman–Crippen MR) is 110 cm³/mol. The van der Waals surface area contributed by atoms with Crippen LogP contribution in [0.15, 0.2) is 18.2 Å². The summed E-state index contributed by atoms with van der Waals surface area (Å²) >= 11 is 0. The van der Waals surface area contributed by atoms with Crippen LogP contribution in [0.4, 0.5) is 0 Å². The van der Waals surface area contributed by atoms with Gasteiger partial charge in [0.05, 0.1) is 31.5 Å². The number of allylic oxidation sites excluding steroid dienone is 2. The number of carbonyl (C=O) groups excluding carboxylic acids is 2. The number of benzene rings is 1. The first-order valence-corrected chi connectivity index (χ1v) is 10.3. The number of ether oxygens (including phenoxy) is 2. The van der Waals surface area contributed by atoms with Crippen LogP contribution < -0.4 is 9.47 Å². The maximum atomic E-state index is 12.4. The lowest BCUT2D eigenvalue weighted by Crippen LogP contribution is -2.17. The summed E-state index contributed by atoms with van der Waals surface area (Å²) in [6.07, 6.45) is 11.8. The largest absolute Gasteiger partial charge is 0.496 e. The maximum absolute atomic E-state index is 12.4. The fraction of sp³-hybridized carbons (Fsp3) is 0.565. The molecule has 154 valence electrons. The van der Waals surface area contributed by atoms with E-state index in [0.717, 1.165) is 12.8 Å². The molecule has 1 unspecified atom stereocenters. The second-order valence-corrected chi connectivity index (χ2v) is 7.29. The van der Waals surface area contributed by atoms with Crippen LogP contribution in [-0.2, 0) is 0 Å². The summed E-state index contributed by atoms with van der Waals surface area (Å²) in [6, 6.07) is 1.62. The molecule has 0 aromatic heterocycles. The topological polar surface area (TPSA) is 72.8 Å². The minimum Gasteiger partial charge on any atom is -0.496 e. The van der Waals surface area contributed by atoms with Gasteiger partial charge in [0.15, 0.2) is 11.6 Å². The van der Waals surface area contributed by atoms with Crippen molar-refractivity contribution in [3.63, 3.8) is 0 Å². The van der Waals surface area contributed by atoms with Crippen molar-refractivity contribution in [1.82, 2.24) is 0 Å². The summed E-state index contributed by atoms with van der Waals surface area (Å²) in [7, 11) is 2.90. The number of unbranched alkanes of at least 4 members (excludes halogenated alkanes) is 7. The molecule has 1 aromatic rings. The van der Waals surface area contributed by atoms with E-state index in [1.807, 2.05) is 0 Å². The second kappa shape index (κ2) is 11.0. The van der Waals surface area contributed by atoms with Crippen molar-refractivity contribution in [2.45, 2.75) is 70.8 Å². The van der Waals surface area contributed by atoms with E-state index in [0.29, 0.717) is 17.7 Å². The van der Waals surface area contributed by atoms with E-state index in [2.05, 4.69) is 6.92 Å². The van der Waals surface area contributed by atoms with Crippen LogP contribution in [0.2, 0.25) is 0 Å². The third-order valence-corrected chi connectivity index (χ3v) is 5.27. The van der Waals surface area contributed by atoms with Crippen LogP contribution in [0, 0.1) is 0 Å². The predicted octanol–water partition coefficient (Wildman–Crippen LogP) is 5.20. The zero-order chi connectivity index (χ0) is 20.5. The number of fused-ring (bicyclic) bond motifs is 1. The first-order valence-electron chi connectivity index (χ1n) is 10.3. The van der Waals surface area contributed by atoms with E-state index in [1.165, 1.54) is 64.9 Å². The number of hydrogen-bond acceptors (Lipinski definition) is 5. The first-order chi connectivity index (χ1) is 13.5. The molecule has 0 saturated carbocycles. The lowest BCUT2D eigenvalue weighted by Gasteiger charge is -2.22. The summed E-state index contributed by atoms with van der Waals surface area (Å²) in [5.74, 6) is -0.0474. The molecule has 0 aliphatic heterocycles. The van der Waals surface area contributed by atoms with Gasteiger partial charge in [-0.15, -0.1) is 0 Å². The van der Waals surface area contributed by atoms with Crippen LogP contribution in [0.1, 0.15) is 97.1 Å². The smallest absolute Gasteiger partial charge is 0.190 e. The third kappa shape index (κ3) is 5.22. The van der Waals surface area contributed by atoms with Crippen LogP contribution in [0.3, 0.4) is 0 Å². The number of rotatable bonds is 12. The molecule has 2 rings (SSSR count). The van der Waals surface area contributed by atoms with E-state index < -0.39 is 6.10 Å². The average molecular weight is 389 g/mol. The van der Waals surface area contributed by atoms with E-state index in [1.54, 1.807) is 6.07 Å². The Morgan fingerprint density at radius 3 is 2.00 bits per heavy atom. The van der Waals surface area contributed by atoms with Crippen molar-refractivity contribution in [3.05, 3.63) is 34.9 Å². The Morgan fingerprint density at radius 2 is 1.43 bits per heavy atom. The molecule has 0 bridgehead atoms. The van der Waals surface area contributed by atoms with Crippen molar-refractivity contribution < 1.29 is 24.2 Å². The van der Waals surface area contributed by atoms with Crippen molar-refractivity contribution in [2.75, 3.05) is 14.2 Å². The molecule has 0 heterocycles. The fourth-order valence-electron chi connectivity index (χ4n) is 3.71. The van der Waals surface area contributed by atoms with E-state index in [-0.39, 0.29) is 28.4 Å². The highest BCUT2D eigenvalue weighted by atomic mass is 16.5.